The summed E-state index contributed by atoms with van der Waals surface area (Å²) in [4.78, 5) is 37.4. The summed E-state index contributed by atoms with van der Waals surface area (Å²) >= 11 is 6.19. The first kappa shape index (κ1) is 39.6. The normalized spacial score (nSPS) is 17.5. The minimum atomic E-state index is -4.98. The molecule has 0 radical (unpaired) electrons. The molecule has 0 bridgehead atoms. The van der Waals surface area contributed by atoms with E-state index >= 15 is 0 Å². The number of hydrogen-bond donors (Lipinski definition) is 2. The number of nitrogens with zero attached hydrogens (tertiary/aromatic N) is 4. The number of amides is 1. The number of benzene rings is 3. The molecule has 13 nitrogen and oxygen atoms in total. The van der Waals surface area contributed by atoms with Crippen molar-refractivity contribution in [3.05, 3.63) is 95.0 Å². The fourth-order valence-electron chi connectivity index (χ4n) is 7.00. The molecule has 3 heterocycles. The van der Waals surface area contributed by atoms with Gasteiger partial charge < -0.3 is 24.8 Å². The van der Waals surface area contributed by atoms with E-state index in [0.717, 1.165) is 17.7 Å². The second-order valence-corrected chi connectivity index (χ2v) is 15.4. The topological polar surface area (TPSA) is 180 Å². The Hall–Kier alpha value is -5.13. The maximum atomic E-state index is 14.8. The van der Waals surface area contributed by atoms with Crippen molar-refractivity contribution < 1.29 is 45.4 Å². The number of ether oxygens (including phenoxy) is 3. The molecule has 2 aliphatic heterocycles. The SMILES string of the molecule is CCOC(=O)[C@@H]1CC2(CCN(c3cc(OC(c4ccc(Cl)cc4-c4cccc(S(N)(=O)=O)c4)C(F)(F)F)nc(N)n3)CC2)CN1C(=O)OCc1ccccc1. The first-order chi connectivity index (χ1) is 26.0. The van der Waals surface area contributed by atoms with Crippen molar-refractivity contribution in [3.8, 4) is 17.0 Å². The highest BCUT2D eigenvalue weighted by molar-refractivity contribution is 7.89. The van der Waals surface area contributed by atoms with Gasteiger partial charge in [-0.3, -0.25) is 4.90 Å². The molecule has 292 valence electrons. The lowest BCUT2D eigenvalue weighted by molar-refractivity contribution is -0.198. The summed E-state index contributed by atoms with van der Waals surface area (Å²) in [5.74, 6) is -1.10. The van der Waals surface area contributed by atoms with Gasteiger partial charge in [0.25, 0.3) is 0 Å². The number of aromatic nitrogens is 2. The number of piperidine rings is 1. The maximum Gasteiger partial charge on any atom is 0.429 e. The molecule has 1 aromatic heterocycles. The molecule has 0 aliphatic carbocycles. The molecule has 1 unspecified atom stereocenters. The molecule has 2 aliphatic rings. The van der Waals surface area contributed by atoms with Crippen LogP contribution >= 0.6 is 11.6 Å². The average molecular weight is 803 g/mol. The van der Waals surface area contributed by atoms with Crippen molar-refractivity contribution in [1.29, 1.82) is 0 Å². The number of nitrogen functional groups attached to an aromatic ring is 1. The molecule has 4 N–H and O–H groups in total. The Bertz CT molecular complexity index is 2150. The fourth-order valence-corrected chi connectivity index (χ4v) is 7.73. The molecule has 0 saturated carbocycles. The number of likely N-dealkylation sites (tertiary alicyclic amines) is 1. The summed E-state index contributed by atoms with van der Waals surface area (Å²) in [6.45, 7) is 2.83. The van der Waals surface area contributed by atoms with E-state index in [2.05, 4.69) is 9.97 Å². The van der Waals surface area contributed by atoms with Crippen LogP contribution in [0.25, 0.3) is 11.1 Å². The van der Waals surface area contributed by atoms with Crippen molar-refractivity contribution >= 4 is 45.5 Å². The quantitative estimate of drug-likeness (QED) is 0.173. The van der Waals surface area contributed by atoms with Gasteiger partial charge in [-0.2, -0.15) is 23.1 Å². The lowest BCUT2D eigenvalue weighted by atomic mass is 9.76. The van der Waals surface area contributed by atoms with Gasteiger partial charge in [0.1, 0.15) is 18.5 Å². The van der Waals surface area contributed by atoms with Gasteiger partial charge >= 0.3 is 18.2 Å². The molecule has 1 spiro atoms. The average Bonchev–Trinajstić information content (AvgIpc) is 3.52. The Morgan fingerprint density at radius 3 is 2.40 bits per heavy atom. The van der Waals surface area contributed by atoms with E-state index in [1.54, 1.807) is 6.92 Å². The van der Waals surface area contributed by atoms with E-state index in [9.17, 15) is 31.2 Å². The minimum absolute atomic E-state index is 0.0341. The van der Waals surface area contributed by atoms with Crippen molar-refractivity contribution in [2.45, 2.75) is 56.0 Å². The Kier molecular flexibility index (Phi) is 11.5. The number of nitrogens with two attached hydrogens (primary N) is 2. The zero-order chi connectivity index (χ0) is 39.5. The van der Waals surface area contributed by atoms with Crippen LogP contribution in [0.5, 0.6) is 5.88 Å². The van der Waals surface area contributed by atoms with E-state index in [1.165, 1.54) is 41.3 Å². The third kappa shape index (κ3) is 9.23. The number of alkyl halides is 3. The van der Waals surface area contributed by atoms with E-state index in [4.69, 9.17) is 36.7 Å². The number of rotatable bonds is 10. The van der Waals surface area contributed by atoms with Gasteiger partial charge in [-0.15, -0.1) is 0 Å². The summed E-state index contributed by atoms with van der Waals surface area (Å²) in [5.41, 5.74) is 6.02. The summed E-state index contributed by atoms with van der Waals surface area (Å²) < 4.78 is 84.9. The second kappa shape index (κ2) is 15.9. The smallest absolute Gasteiger partial charge is 0.429 e. The van der Waals surface area contributed by atoms with Crippen LogP contribution < -0.4 is 20.5 Å². The van der Waals surface area contributed by atoms with Crippen LogP contribution in [0, 0.1) is 5.41 Å². The Morgan fingerprint density at radius 2 is 1.73 bits per heavy atom. The van der Waals surface area contributed by atoms with Gasteiger partial charge in [0.2, 0.25) is 28.0 Å². The molecule has 2 fully saturated rings. The third-order valence-corrected chi connectivity index (χ3v) is 10.8. The molecular weight excluding hydrogens is 765 g/mol. The fraction of sp³-hybridized carbons (Fsp3) is 0.351. The number of primary sulfonamides is 1. The van der Waals surface area contributed by atoms with Gasteiger partial charge in [-0.1, -0.05) is 60.1 Å². The van der Waals surface area contributed by atoms with Gasteiger partial charge in [-0.25, -0.2) is 23.1 Å². The number of sulfonamides is 1. The number of anilines is 2. The van der Waals surface area contributed by atoms with E-state index in [1.807, 2.05) is 35.2 Å². The summed E-state index contributed by atoms with van der Waals surface area (Å²) in [6, 6.07) is 18.4. The van der Waals surface area contributed by atoms with Crippen LogP contribution in [0.1, 0.15) is 43.4 Å². The molecule has 6 rings (SSSR count). The molecule has 2 atom stereocenters. The third-order valence-electron chi connectivity index (χ3n) is 9.67. The zero-order valence-corrected chi connectivity index (χ0v) is 31.1. The number of esters is 1. The molecule has 2 saturated heterocycles. The largest absolute Gasteiger partial charge is 0.464 e. The van der Waals surface area contributed by atoms with Crippen LogP contribution in [0.4, 0.5) is 29.7 Å². The maximum absolute atomic E-state index is 14.8. The van der Waals surface area contributed by atoms with Crippen molar-refractivity contribution in [3.63, 3.8) is 0 Å². The Morgan fingerprint density at radius 1 is 1.00 bits per heavy atom. The summed E-state index contributed by atoms with van der Waals surface area (Å²) in [7, 11) is -4.17. The van der Waals surface area contributed by atoms with Gasteiger partial charge in [0.15, 0.2) is 0 Å². The molecule has 55 heavy (non-hydrogen) atoms. The minimum Gasteiger partial charge on any atom is -0.464 e. The Balaban J connectivity index is 1.21. The molecule has 4 aromatic rings. The molecular formula is C37H38ClF3N6O7S. The highest BCUT2D eigenvalue weighted by Crippen LogP contribution is 2.46. The first-order valence-corrected chi connectivity index (χ1v) is 19.2. The summed E-state index contributed by atoms with van der Waals surface area (Å²) in [5, 5.41) is 5.37. The van der Waals surface area contributed by atoms with Crippen molar-refractivity contribution in [2.24, 2.45) is 10.6 Å². The lowest BCUT2D eigenvalue weighted by Gasteiger charge is -2.39. The Labute approximate surface area is 320 Å². The monoisotopic (exact) mass is 802 g/mol. The van der Waals surface area contributed by atoms with Crippen LogP contribution in [-0.2, 0) is 30.9 Å². The van der Waals surface area contributed by atoms with Crippen molar-refractivity contribution in [2.75, 3.05) is 36.9 Å². The summed E-state index contributed by atoms with van der Waals surface area (Å²) in [6.07, 6.45) is -6.85. The second-order valence-electron chi connectivity index (χ2n) is 13.4. The van der Waals surface area contributed by atoms with Crippen LogP contribution in [0.3, 0.4) is 0 Å². The van der Waals surface area contributed by atoms with E-state index in [-0.39, 0.29) is 58.1 Å². The van der Waals surface area contributed by atoms with Crippen LogP contribution in [0.2, 0.25) is 5.02 Å². The number of hydrogen-bond acceptors (Lipinski definition) is 11. The standard InChI is InChI=1S/C37H38ClF3N6O7S/c1-2-52-33(48)29-20-36(22-47(29)35(49)53-21-23-7-4-3-5-8-23)13-15-46(16-14-36)30-19-31(45-34(42)44-30)54-32(37(39,40)41)27-12-11-25(38)18-28(27)24-9-6-10-26(17-24)55(43,50)51/h3-12,17-19,29,32H,2,13-16,20-22H2,1H3,(H2,42,44,45)(H2,43,50,51)/t29-,32?/m0/s1. The van der Waals surface area contributed by atoms with Gasteiger partial charge in [0.05, 0.1) is 11.5 Å². The molecule has 18 heteroatoms. The zero-order valence-electron chi connectivity index (χ0n) is 29.5. The van der Waals surface area contributed by atoms with Crippen LogP contribution in [0.15, 0.2) is 83.8 Å². The van der Waals surface area contributed by atoms with Crippen LogP contribution in [-0.4, -0.2) is 73.8 Å². The molecule has 3 aromatic carbocycles. The van der Waals surface area contributed by atoms with Gasteiger partial charge in [-0.05, 0) is 72.6 Å². The molecule has 1 amide bonds. The van der Waals surface area contributed by atoms with E-state index < -0.39 is 51.7 Å². The van der Waals surface area contributed by atoms with E-state index in [0.29, 0.717) is 32.4 Å². The predicted molar refractivity (Wildman–Crippen MR) is 196 cm³/mol. The number of carbonyl (C=O) groups excluding carboxylic acids is 2. The number of carbonyl (C=O) groups is 2. The van der Waals surface area contributed by atoms with Crippen molar-refractivity contribution in [1.82, 2.24) is 14.9 Å². The lowest BCUT2D eigenvalue weighted by Crippen LogP contribution is -2.43. The van der Waals surface area contributed by atoms with Gasteiger partial charge in [0, 0.05) is 36.3 Å². The first-order valence-electron chi connectivity index (χ1n) is 17.2. The highest BCUT2D eigenvalue weighted by Gasteiger charge is 2.51. The highest BCUT2D eigenvalue weighted by atomic mass is 35.5. The number of halogens is 4. The predicted octanol–water partition coefficient (Wildman–Crippen LogP) is 6.27.